The van der Waals surface area contributed by atoms with Crippen LogP contribution in [0, 0.1) is 0 Å². The van der Waals surface area contributed by atoms with E-state index < -0.39 is 0 Å². The number of rotatable bonds is 2. The Hall–Kier alpha value is -2.27. The number of amidine groups is 1. The van der Waals surface area contributed by atoms with Gasteiger partial charge in [-0.05, 0) is 23.2 Å². The Balaban J connectivity index is 1.91. The first kappa shape index (κ1) is 11.8. The van der Waals surface area contributed by atoms with Crippen LogP contribution in [0.5, 0.6) is 0 Å². The van der Waals surface area contributed by atoms with Crippen molar-refractivity contribution < 1.29 is 0 Å². The van der Waals surface area contributed by atoms with Crippen LogP contribution < -0.4 is 11.2 Å². The third kappa shape index (κ3) is 2.32. The van der Waals surface area contributed by atoms with Gasteiger partial charge in [-0.25, -0.2) is 4.99 Å². The van der Waals surface area contributed by atoms with Gasteiger partial charge in [-0.2, -0.15) is 5.10 Å². The summed E-state index contributed by atoms with van der Waals surface area (Å²) in [5.41, 5.74) is 10.2. The van der Waals surface area contributed by atoms with Gasteiger partial charge in [-0.1, -0.05) is 43.0 Å². The lowest BCUT2D eigenvalue weighted by Crippen LogP contribution is -2.03. The predicted molar refractivity (Wildman–Crippen MR) is 83.4 cm³/mol. The van der Waals surface area contributed by atoms with Crippen LogP contribution in [0.3, 0.4) is 0 Å². The number of anilines is 1. The molecular formula is C14H12N4S. The number of hydrogen-bond donors (Lipinski definition) is 2. The average Bonchev–Trinajstić information content (AvgIpc) is 2.74. The molecule has 0 aromatic heterocycles. The maximum absolute atomic E-state index is 5.62. The van der Waals surface area contributed by atoms with E-state index in [1.54, 1.807) is 0 Å². The Bertz CT molecular complexity index is 713. The van der Waals surface area contributed by atoms with Crippen molar-refractivity contribution in [3.8, 4) is 0 Å². The van der Waals surface area contributed by atoms with Crippen LogP contribution in [0.1, 0.15) is 0 Å². The first-order valence-corrected chi connectivity index (χ1v) is 6.58. The van der Waals surface area contributed by atoms with E-state index >= 15 is 0 Å². The molecule has 1 aliphatic rings. The summed E-state index contributed by atoms with van der Waals surface area (Å²) in [7, 11) is 0. The van der Waals surface area contributed by atoms with Crippen LogP contribution in [-0.2, 0) is 0 Å². The number of fused-ring (bicyclic) bond motifs is 1. The van der Waals surface area contributed by atoms with E-state index in [0.717, 1.165) is 11.1 Å². The van der Waals surface area contributed by atoms with Crippen LogP contribution in [-0.4, -0.2) is 10.2 Å². The molecule has 0 fully saturated rings. The monoisotopic (exact) mass is 268 g/mol. The van der Waals surface area contributed by atoms with E-state index in [1.165, 1.54) is 17.1 Å². The molecule has 1 aliphatic heterocycles. The molecular weight excluding hydrogens is 256 g/mol. The van der Waals surface area contributed by atoms with E-state index in [-0.39, 0.29) is 0 Å². The van der Waals surface area contributed by atoms with E-state index in [2.05, 4.69) is 40.3 Å². The van der Waals surface area contributed by atoms with Crippen molar-refractivity contribution in [1.29, 1.82) is 0 Å². The second-order valence-electron chi connectivity index (χ2n) is 4.05. The third-order valence-electron chi connectivity index (χ3n) is 2.76. The van der Waals surface area contributed by atoms with Gasteiger partial charge in [0.15, 0.2) is 5.17 Å². The molecule has 0 saturated carbocycles. The zero-order valence-corrected chi connectivity index (χ0v) is 10.9. The molecule has 0 radical (unpaired) electrons. The minimum atomic E-state index is 0.475. The lowest BCUT2D eigenvalue weighted by Gasteiger charge is -2.06. The lowest BCUT2D eigenvalue weighted by molar-refractivity contribution is 1.35. The van der Waals surface area contributed by atoms with Gasteiger partial charge in [-0.15, -0.1) is 0 Å². The SMILES string of the molecule is C=C1N=C(N)S/C1=N/Nc1cccc2ccccc12. The molecule has 0 unspecified atom stereocenters. The highest BCUT2D eigenvalue weighted by Crippen LogP contribution is 2.25. The van der Waals surface area contributed by atoms with Gasteiger partial charge >= 0.3 is 0 Å². The molecule has 2 aromatic carbocycles. The number of aliphatic imine (C=N–C) groups is 1. The van der Waals surface area contributed by atoms with Crippen LogP contribution in [0.2, 0.25) is 0 Å². The highest BCUT2D eigenvalue weighted by molar-refractivity contribution is 8.27. The smallest absolute Gasteiger partial charge is 0.165 e. The van der Waals surface area contributed by atoms with Crippen molar-refractivity contribution in [2.45, 2.75) is 0 Å². The molecule has 2 aromatic rings. The number of thioether (sulfide) groups is 1. The molecule has 1 heterocycles. The molecule has 0 bridgehead atoms. The van der Waals surface area contributed by atoms with Crippen LogP contribution in [0.25, 0.3) is 10.8 Å². The quantitative estimate of drug-likeness (QED) is 0.822. The number of nitrogens with one attached hydrogen (secondary N) is 1. The Labute approximate surface area is 115 Å². The number of nitrogens with zero attached hydrogens (tertiary/aromatic N) is 2. The molecule has 0 saturated heterocycles. The summed E-state index contributed by atoms with van der Waals surface area (Å²) in [6, 6.07) is 14.2. The molecule has 0 amide bonds. The number of nitrogens with two attached hydrogens (primary N) is 1. The van der Waals surface area contributed by atoms with Gasteiger partial charge in [-0.3, -0.25) is 5.43 Å². The molecule has 3 rings (SSSR count). The van der Waals surface area contributed by atoms with Crippen LogP contribution in [0.15, 0.2) is 64.8 Å². The first-order valence-electron chi connectivity index (χ1n) is 5.77. The summed E-state index contributed by atoms with van der Waals surface area (Å²) in [5, 5.41) is 7.78. The van der Waals surface area contributed by atoms with E-state index in [1.807, 2.05) is 24.3 Å². The van der Waals surface area contributed by atoms with Gasteiger partial charge in [0.25, 0.3) is 0 Å². The fourth-order valence-corrected chi connectivity index (χ4v) is 2.49. The van der Waals surface area contributed by atoms with Gasteiger partial charge in [0.2, 0.25) is 0 Å². The van der Waals surface area contributed by atoms with Gasteiger partial charge in [0.05, 0.1) is 11.4 Å². The zero-order valence-electron chi connectivity index (χ0n) is 10.1. The highest BCUT2D eigenvalue weighted by Gasteiger charge is 2.15. The predicted octanol–water partition coefficient (Wildman–Crippen LogP) is 3.14. The van der Waals surface area contributed by atoms with Crippen molar-refractivity contribution in [2.75, 3.05) is 5.43 Å². The molecule has 0 atom stereocenters. The summed E-state index contributed by atoms with van der Waals surface area (Å²) in [4.78, 5) is 4.04. The topological polar surface area (TPSA) is 62.8 Å². The Morgan fingerprint density at radius 2 is 1.95 bits per heavy atom. The van der Waals surface area contributed by atoms with Gasteiger partial charge < -0.3 is 5.73 Å². The fraction of sp³-hybridized carbons (Fsp3) is 0. The number of hydrogen-bond acceptors (Lipinski definition) is 5. The first-order chi connectivity index (χ1) is 9.24. The summed E-state index contributed by atoms with van der Waals surface area (Å²) in [6.45, 7) is 3.80. The highest BCUT2D eigenvalue weighted by atomic mass is 32.2. The zero-order chi connectivity index (χ0) is 13.2. The number of hydrazone groups is 1. The molecule has 0 spiro atoms. The maximum atomic E-state index is 5.62. The van der Waals surface area contributed by atoms with Gasteiger partial charge in [0, 0.05) is 5.39 Å². The average molecular weight is 268 g/mol. The molecule has 5 heteroatoms. The second-order valence-corrected chi connectivity index (χ2v) is 5.06. The minimum Gasteiger partial charge on any atom is -0.378 e. The molecule has 94 valence electrons. The molecule has 3 N–H and O–H groups in total. The summed E-state index contributed by atoms with van der Waals surface area (Å²) < 4.78 is 0. The standard InChI is InChI=1S/C14H12N4S/c1-9-13(19-14(15)16-9)18-17-12-8-4-6-10-5-2-3-7-11(10)12/h2-8,17H,1H2,(H2,15,16)/b18-13+. The summed E-state index contributed by atoms with van der Waals surface area (Å²) >= 11 is 1.31. The van der Waals surface area contributed by atoms with Crippen molar-refractivity contribution >= 4 is 38.4 Å². The van der Waals surface area contributed by atoms with Crippen molar-refractivity contribution in [1.82, 2.24) is 0 Å². The fourth-order valence-electron chi connectivity index (χ4n) is 1.88. The normalized spacial score (nSPS) is 16.9. The molecule has 0 aliphatic carbocycles. The van der Waals surface area contributed by atoms with E-state index in [0.29, 0.717) is 15.9 Å². The Kier molecular flexibility index (Phi) is 2.97. The largest absolute Gasteiger partial charge is 0.378 e. The van der Waals surface area contributed by atoms with E-state index in [4.69, 9.17) is 5.73 Å². The van der Waals surface area contributed by atoms with Crippen LogP contribution >= 0.6 is 11.8 Å². The van der Waals surface area contributed by atoms with Crippen LogP contribution in [0.4, 0.5) is 5.69 Å². The van der Waals surface area contributed by atoms with Crippen molar-refractivity contribution in [3.63, 3.8) is 0 Å². The lowest BCUT2D eigenvalue weighted by atomic mass is 10.1. The van der Waals surface area contributed by atoms with Crippen molar-refractivity contribution in [3.05, 3.63) is 54.7 Å². The second kappa shape index (κ2) is 4.78. The minimum absolute atomic E-state index is 0.475. The van der Waals surface area contributed by atoms with Gasteiger partial charge in [0.1, 0.15) is 5.04 Å². The molecule has 19 heavy (non-hydrogen) atoms. The van der Waals surface area contributed by atoms with Crippen molar-refractivity contribution in [2.24, 2.45) is 15.8 Å². The number of benzene rings is 2. The van der Waals surface area contributed by atoms with E-state index in [9.17, 15) is 0 Å². The maximum Gasteiger partial charge on any atom is 0.165 e. The summed E-state index contributed by atoms with van der Waals surface area (Å²) in [6.07, 6.45) is 0. The third-order valence-corrected chi connectivity index (χ3v) is 3.58. The Morgan fingerprint density at radius 1 is 1.16 bits per heavy atom. The summed E-state index contributed by atoms with van der Waals surface area (Å²) in [5.74, 6) is 0. The Morgan fingerprint density at radius 3 is 2.74 bits per heavy atom. The molecule has 4 nitrogen and oxygen atoms in total.